The first-order valence-electron chi connectivity index (χ1n) is 10.00. The Kier molecular flexibility index (Phi) is 17.1. The van der Waals surface area contributed by atoms with E-state index in [-0.39, 0.29) is 0 Å². The van der Waals surface area contributed by atoms with E-state index in [1.807, 2.05) is 0 Å². The van der Waals surface area contributed by atoms with Crippen LogP contribution in [0.5, 0.6) is 0 Å². The minimum Gasteiger partial charge on any atom is -0.330 e. The molecule has 1 rings (SSSR count). The van der Waals surface area contributed by atoms with Gasteiger partial charge < -0.3 is 11.1 Å². The van der Waals surface area contributed by atoms with Crippen LogP contribution < -0.4 is 11.1 Å². The first-order chi connectivity index (χ1) is 12.2. The Morgan fingerprint density at radius 3 is 2.00 bits per heavy atom. The third-order valence-electron chi connectivity index (χ3n) is 4.10. The van der Waals surface area contributed by atoms with Gasteiger partial charge in [0.05, 0.1) is 0 Å². The summed E-state index contributed by atoms with van der Waals surface area (Å²) in [5, 5.41) is 3.18. The summed E-state index contributed by atoms with van der Waals surface area (Å²) in [6, 6.07) is 3.72. The van der Waals surface area contributed by atoms with Gasteiger partial charge in [-0.2, -0.15) is 0 Å². The van der Waals surface area contributed by atoms with Gasteiger partial charge in [-0.15, -0.1) is 0 Å². The molecule has 0 saturated carbocycles. The molecule has 2 nitrogen and oxygen atoms in total. The standard InChI is InChI=1S/C14H21F2N.C7H17N/c1-2-3-4-5-6-9-17-11-12-7-8-13(15)10-14(12)16;1-2-3-4-5-6-7-8/h7-8,10,17H,2-6,9,11H2,1H3;2-8H2,1H3. The molecule has 0 aliphatic carbocycles. The zero-order valence-corrected chi connectivity index (χ0v) is 16.3. The predicted molar refractivity (Wildman–Crippen MR) is 105 cm³/mol. The topological polar surface area (TPSA) is 38.0 Å². The van der Waals surface area contributed by atoms with Gasteiger partial charge >= 0.3 is 0 Å². The van der Waals surface area contributed by atoms with Gasteiger partial charge in [0.25, 0.3) is 0 Å². The van der Waals surface area contributed by atoms with Crippen molar-refractivity contribution < 1.29 is 8.78 Å². The minimum absolute atomic E-state index is 0.469. The molecule has 0 saturated heterocycles. The van der Waals surface area contributed by atoms with Gasteiger partial charge in [0.1, 0.15) is 11.6 Å². The lowest BCUT2D eigenvalue weighted by Crippen LogP contribution is -2.15. The fourth-order valence-electron chi connectivity index (χ4n) is 2.49. The van der Waals surface area contributed by atoms with Crippen LogP contribution in [0.2, 0.25) is 0 Å². The van der Waals surface area contributed by atoms with Crippen molar-refractivity contribution in [2.75, 3.05) is 13.1 Å². The molecule has 0 aliphatic heterocycles. The van der Waals surface area contributed by atoms with E-state index in [2.05, 4.69) is 19.2 Å². The summed E-state index contributed by atoms with van der Waals surface area (Å²) in [5.41, 5.74) is 5.84. The monoisotopic (exact) mass is 356 g/mol. The maximum atomic E-state index is 13.2. The lowest BCUT2D eigenvalue weighted by atomic mass is 10.1. The predicted octanol–water partition coefficient (Wildman–Crippen LogP) is 5.94. The van der Waals surface area contributed by atoms with Crippen molar-refractivity contribution >= 4 is 0 Å². The molecule has 0 aliphatic rings. The van der Waals surface area contributed by atoms with Crippen LogP contribution in [-0.2, 0) is 6.54 Å². The van der Waals surface area contributed by atoms with Gasteiger partial charge in [-0.1, -0.05) is 71.3 Å². The average molecular weight is 357 g/mol. The SMILES string of the molecule is CCCCCCCN.CCCCCCCNCc1ccc(F)cc1F. The Labute approximate surface area is 153 Å². The van der Waals surface area contributed by atoms with Gasteiger partial charge in [-0.25, -0.2) is 8.78 Å². The van der Waals surface area contributed by atoms with Crippen LogP contribution in [0, 0.1) is 11.6 Å². The summed E-state index contributed by atoms with van der Waals surface area (Å²) >= 11 is 0. The molecule has 0 fully saturated rings. The smallest absolute Gasteiger partial charge is 0.130 e. The largest absolute Gasteiger partial charge is 0.330 e. The van der Waals surface area contributed by atoms with Crippen molar-refractivity contribution in [3.8, 4) is 0 Å². The lowest BCUT2D eigenvalue weighted by molar-refractivity contribution is 0.548. The Morgan fingerprint density at radius 2 is 1.44 bits per heavy atom. The summed E-state index contributed by atoms with van der Waals surface area (Å²) in [6.07, 6.45) is 12.7. The van der Waals surface area contributed by atoms with Crippen LogP contribution in [0.15, 0.2) is 18.2 Å². The molecule has 0 aromatic heterocycles. The Hall–Kier alpha value is -1.00. The number of halogens is 2. The number of rotatable bonds is 13. The fraction of sp³-hybridized carbons (Fsp3) is 0.714. The van der Waals surface area contributed by atoms with E-state index in [1.54, 1.807) is 0 Å². The quantitative estimate of drug-likeness (QED) is 0.429. The zero-order valence-electron chi connectivity index (χ0n) is 16.3. The van der Waals surface area contributed by atoms with E-state index in [0.717, 1.165) is 25.6 Å². The van der Waals surface area contributed by atoms with Crippen LogP contribution in [0.25, 0.3) is 0 Å². The molecule has 0 amide bonds. The summed E-state index contributed by atoms with van der Waals surface area (Å²) in [6.45, 7) is 6.64. The molecule has 0 heterocycles. The van der Waals surface area contributed by atoms with Gasteiger partial charge in [-0.05, 0) is 32.0 Å². The molecule has 0 radical (unpaired) electrons. The minimum atomic E-state index is -0.522. The number of nitrogens with two attached hydrogens (primary N) is 1. The van der Waals surface area contributed by atoms with Crippen LogP contribution >= 0.6 is 0 Å². The van der Waals surface area contributed by atoms with Crippen molar-refractivity contribution in [1.82, 2.24) is 5.32 Å². The zero-order chi connectivity index (χ0) is 18.8. The molecule has 1 aromatic carbocycles. The first-order valence-corrected chi connectivity index (χ1v) is 10.00. The number of hydrogen-bond acceptors (Lipinski definition) is 2. The molecule has 0 atom stereocenters. The van der Waals surface area contributed by atoms with E-state index in [1.165, 1.54) is 69.9 Å². The number of nitrogens with one attached hydrogen (secondary N) is 1. The lowest BCUT2D eigenvalue weighted by Gasteiger charge is -2.06. The van der Waals surface area contributed by atoms with E-state index in [0.29, 0.717) is 12.1 Å². The van der Waals surface area contributed by atoms with Crippen LogP contribution in [0.3, 0.4) is 0 Å². The molecular weight excluding hydrogens is 318 g/mol. The van der Waals surface area contributed by atoms with Crippen molar-refractivity contribution in [3.63, 3.8) is 0 Å². The van der Waals surface area contributed by atoms with Crippen LogP contribution in [-0.4, -0.2) is 13.1 Å². The maximum Gasteiger partial charge on any atom is 0.130 e. The summed E-state index contributed by atoms with van der Waals surface area (Å²) in [7, 11) is 0. The van der Waals surface area contributed by atoms with Crippen LogP contribution in [0.4, 0.5) is 8.78 Å². The Bertz CT molecular complexity index is 405. The maximum absolute atomic E-state index is 13.2. The van der Waals surface area contributed by atoms with Crippen molar-refractivity contribution in [2.45, 2.75) is 84.6 Å². The second kappa shape index (κ2) is 17.8. The highest BCUT2D eigenvalue weighted by atomic mass is 19.1. The van der Waals surface area contributed by atoms with Gasteiger partial charge in [0.15, 0.2) is 0 Å². The molecule has 1 aromatic rings. The Morgan fingerprint density at radius 1 is 0.840 bits per heavy atom. The second-order valence-electron chi connectivity index (χ2n) is 6.53. The second-order valence-corrected chi connectivity index (χ2v) is 6.53. The molecule has 4 heteroatoms. The van der Waals surface area contributed by atoms with Crippen molar-refractivity contribution in [2.24, 2.45) is 5.73 Å². The highest BCUT2D eigenvalue weighted by Gasteiger charge is 2.02. The molecule has 0 unspecified atom stereocenters. The highest BCUT2D eigenvalue weighted by molar-refractivity contribution is 5.18. The van der Waals surface area contributed by atoms with E-state index < -0.39 is 11.6 Å². The van der Waals surface area contributed by atoms with Crippen LogP contribution in [0.1, 0.15) is 83.6 Å². The van der Waals surface area contributed by atoms with E-state index in [9.17, 15) is 8.78 Å². The van der Waals surface area contributed by atoms with Gasteiger partial charge in [0.2, 0.25) is 0 Å². The molecule has 3 N–H and O–H groups in total. The third kappa shape index (κ3) is 15.0. The Balaban J connectivity index is 0.000000609. The average Bonchev–Trinajstić information content (AvgIpc) is 2.60. The molecule has 25 heavy (non-hydrogen) atoms. The first kappa shape index (κ1) is 24.0. The highest BCUT2D eigenvalue weighted by Crippen LogP contribution is 2.09. The van der Waals surface area contributed by atoms with E-state index in [4.69, 9.17) is 5.73 Å². The third-order valence-corrected chi connectivity index (χ3v) is 4.10. The van der Waals surface area contributed by atoms with E-state index >= 15 is 0 Å². The molecule has 0 spiro atoms. The molecule has 0 bridgehead atoms. The van der Waals surface area contributed by atoms with Gasteiger partial charge in [0, 0.05) is 18.2 Å². The summed E-state index contributed by atoms with van der Waals surface area (Å²) in [5.74, 6) is -0.991. The fourth-order valence-corrected chi connectivity index (χ4v) is 2.49. The number of benzene rings is 1. The number of unbranched alkanes of at least 4 members (excludes halogenated alkanes) is 8. The number of hydrogen-bond donors (Lipinski definition) is 2. The summed E-state index contributed by atoms with van der Waals surface area (Å²) < 4.78 is 25.9. The molecular formula is C21H38F2N2. The summed E-state index contributed by atoms with van der Waals surface area (Å²) in [4.78, 5) is 0. The van der Waals surface area contributed by atoms with Crippen molar-refractivity contribution in [1.29, 1.82) is 0 Å². The van der Waals surface area contributed by atoms with Crippen molar-refractivity contribution in [3.05, 3.63) is 35.4 Å². The van der Waals surface area contributed by atoms with Gasteiger partial charge in [-0.3, -0.25) is 0 Å². The molecule has 146 valence electrons. The normalized spacial score (nSPS) is 10.4.